The van der Waals surface area contributed by atoms with Crippen molar-refractivity contribution in [2.75, 3.05) is 27.2 Å². The Bertz CT molecular complexity index is 818. The molecule has 0 radical (unpaired) electrons. The molecule has 0 heterocycles. The van der Waals surface area contributed by atoms with Crippen LogP contribution in [0.15, 0.2) is 35.5 Å². The predicted molar refractivity (Wildman–Crippen MR) is 159 cm³/mol. The van der Waals surface area contributed by atoms with E-state index in [0.717, 1.165) is 49.5 Å². The third-order valence-electron chi connectivity index (χ3n) is 9.44. The second-order valence-corrected chi connectivity index (χ2v) is 12.9. The van der Waals surface area contributed by atoms with E-state index in [4.69, 9.17) is 4.74 Å². The zero-order valence-corrected chi connectivity index (χ0v) is 25.4. The first kappa shape index (κ1) is 32.0. The van der Waals surface area contributed by atoms with E-state index >= 15 is 0 Å². The predicted octanol–water partition coefficient (Wildman–Crippen LogP) is 8.34. The molecule has 5 heteroatoms. The monoisotopic (exact) mass is 534 g/mol. The summed E-state index contributed by atoms with van der Waals surface area (Å²) in [6, 6.07) is 0. The van der Waals surface area contributed by atoms with Gasteiger partial charge in [-0.1, -0.05) is 76.8 Å². The van der Waals surface area contributed by atoms with Gasteiger partial charge in [0.1, 0.15) is 6.10 Å². The van der Waals surface area contributed by atoms with E-state index in [0.29, 0.717) is 12.0 Å². The molecule has 0 bridgehead atoms. The van der Waals surface area contributed by atoms with Crippen molar-refractivity contribution in [3.63, 3.8) is 0 Å². The van der Waals surface area contributed by atoms with Crippen LogP contribution in [-0.2, 0) is 4.74 Å². The van der Waals surface area contributed by atoms with Crippen LogP contribution in [-0.4, -0.2) is 44.3 Å². The van der Waals surface area contributed by atoms with Crippen LogP contribution in [0.5, 0.6) is 0 Å². The lowest BCUT2D eigenvalue weighted by molar-refractivity contribution is 0.0889. The van der Waals surface area contributed by atoms with Gasteiger partial charge in [-0.25, -0.2) is 4.79 Å². The van der Waals surface area contributed by atoms with Crippen LogP contribution in [0, 0.1) is 29.1 Å². The summed E-state index contributed by atoms with van der Waals surface area (Å²) in [7, 11) is 4.00. The molecule has 3 saturated carbocycles. The summed E-state index contributed by atoms with van der Waals surface area (Å²) in [4.78, 5) is 14.3. The van der Waals surface area contributed by atoms with Crippen LogP contribution < -0.4 is 5.32 Å². The van der Waals surface area contributed by atoms with Crippen molar-refractivity contribution < 1.29 is 9.53 Å². The Hall–Kier alpha value is -1.26. The molecule has 37 heavy (non-hydrogen) atoms. The summed E-state index contributed by atoms with van der Waals surface area (Å²) >= 11 is 0. The van der Waals surface area contributed by atoms with Gasteiger partial charge in [-0.05, 0) is 93.7 Å². The van der Waals surface area contributed by atoms with E-state index in [1.54, 1.807) is 5.57 Å². The fourth-order valence-electron chi connectivity index (χ4n) is 7.32. The summed E-state index contributed by atoms with van der Waals surface area (Å²) in [6.07, 6.45) is 17.8. The molecule has 0 saturated heterocycles. The van der Waals surface area contributed by atoms with Crippen molar-refractivity contribution in [1.29, 1.82) is 0 Å². The number of rotatable bonds is 10. The number of amides is 1. The number of carbonyl (C=O) groups excluding carboxylic acids is 1. The maximum atomic E-state index is 12.2. The van der Waals surface area contributed by atoms with Crippen molar-refractivity contribution in [3.05, 3.63) is 35.5 Å². The SMILES string of the molecule is C=C1CC[C@H](OC(=O)NCCN(C)C)C/C1=C/C=C1\CCC[C@]2(C)[C@@H]([C@H](C)CCCC(C)C)CC[C@@H]12.Cl. The lowest BCUT2D eigenvalue weighted by atomic mass is 9.60. The molecule has 0 aromatic rings. The van der Waals surface area contributed by atoms with E-state index in [2.05, 4.69) is 56.6 Å². The van der Waals surface area contributed by atoms with Crippen molar-refractivity contribution in [1.82, 2.24) is 10.2 Å². The number of halogens is 1. The van der Waals surface area contributed by atoms with E-state index in [1.807, 2.05) is 14.1 Å². The van der Waals surface area contributed by atoms with E-state index < -0.39 is 0 Å². The standard InChI is InChI=1S/C32H54N2O2.ClH/c1-23(2)10-8-11-25(4)29-17-18-30-26(12-9-19-32(29,30)5)14-15-27-22-28(16-13-24(27)3)36-31(35)33-20-21-34(6)7;/h14-15,23,25,28-30H,3,8-13,16-22H2,1-2,4-7H3,(H,33,35);1H/b26-14+,27-15-;/t25-,28+,29-,30+,32-;/m1./s1. The van der Waals surface area contributed by atoms with Crippen molar-refractivity contribution in [2.24, 2.45) is 29.1 Å². The Morgan fingerprint density at radius 3 is 2.62 bits per heavy atom. The van der Waals surface area contributed by atoms with Crippen LogP contribution in [0.4, 0.5) is 4.79 Å². The van der Waals surface area contributed by atoms with Gasteiger partial charge < -0.3 is 15.0 Å². The Morgan fingerprint density at radius 2 is 1.92 bits per heavy atom. The molecule has 0 aromatic carbocycles. The van der Waals surface area contributed by atoms with Crippen molar-refractivity contribution in [2.45, 2.75) is 104 Å². The highest BCUT2D eigenvalue weighted by Gasteiger charge is 2.50. The number of nitrogens with zero attached hydrogens (tertiary/aromatic N) is 1. The second kappa shape index (κ2) is 14.8. The van der Waals surface area contributed by atoms with Crippen molar-refractivity contribution in [3.8, 4) is 0 Å². The highest BCUT2D eigenvalue weighted by molar-refractivity contribution is 5.85. The van der Waals surface area contributed by atoms with Gasteiger partial charge in [0.25, 0.3) is 0 Å². The zero-order chi connectivity index (χ0) is 26.3. The maximum Gasteiger partial charge on any atom is 0.407 e. The first-order valence-electron chi connectivity index (χ1n) is 14.8. The van der Waals surface area contributed by atoms with Crippen LogP contribution in [0.2, 0.25) is 0 Å². The number of alkyl carbamates (subject to hydrolysis) is 1. The van der Waals surface area contributed by atoms with E-state index in [-0.39, 0.29) is 24.6 Å². The number of hydrogen-bond acceptors (Lipinski definition) is 3. The van der Waals surface area contributed by atoms with Gasteiger partial charge in [0.05, 0.1) is 0 Å². The molecule has 0 aliphatic heterocycles. The molecule has 1 amide bonds. The van der Waals surface area contributed by atoms with E-state index in [9.17, 15) is 4.79 Å². The first-order valence-corrected chi connectivity index (χ1v) is 14.8. The van der Waals surface area contributed by atoms with Gasteiger partial charge in [0.15, 0.2) is 0 Å². The number of fused-ring (bicyclic) bond motifs is 1. The lowest BCUT2D eigenvalue weighted by Gasteiger charge is -2.44. The van der Waals surface area contributed by atoms with Crippen molar-refractivity contribution >= 4 is 18.5 Å². The molecule has 3 aliphatic carbocycles. The molecule has 212 valence electrons. The quantitative estimate of drug-likeness (QED) is 0.306. The molecule has 0 spiro atoms. The average molecular weight is 535 g/mol. The molecule has 4 nitrogen and oxygen atoms in total. The molecule has 3 rings (SSSR count). The maximum absolute atomic E-state index is 12.2. The second-order valence-electron chi connectivity index (χ2n) is 12.9. The molecule has 3 aliphatic rings. The highest BCUT2D eigenvalue weighted by atomic mass is 35.5. The number of ether oxygens (including phenoxy) is 1. The van der Waals surface area contributed by atoms with Gasteiger partial charge in [0.2, 0.25) is 0 Å². The fourth-order valence-corrected chi connectivity index (χ4v) is 7.32. The minimum Gasteiger partial charge on any atom is -0.446 e. The van der Waals surface area contributed by atoms with Gasteiger partial charge in [-0.15, -0.1) is 12.4 Å². The Morgan fingerprint density at radius 1 is 1.16 bits per heavy atom. The zero-order valence-electron chi connectivity index (χ0n) is 24.6. The van der Waals surface area contributed by atoms with Gasteiger partial charge in [0, 0.05) is 19.5 Å². The van der Waals surface area contributed by atoms with Crippen LogP contribution in [0.25, 0.3) is 0 Å². The number of likely N-dealkylation sites (N-methyl/N-ethyl adjacent to an activating group) is 1. The van der Waals surface area contributed by atoms with Gasteiger partial charge in [-0.3, -0.25) is 0 Å². The Balaban J connectivity index is 0.00000481. The van der Waals surface area contributed by atoms with Gasteiger partial charge >= 0.3 is 6.09 Å². The van der Waals surface area contributed by atoms with E-state index in [1.165, 1.54) is 62.5 Å². The van der Waals surface area contributed by atoms with Crippen LogP contribution in [0.1, 0.15) is 98.3 Å². The molecule has 1 N–H and O–H groups in total. The largest absolute Gasteiger partial charge is 0.446 e. The smallest absolute Gasteiger partial charge is 0.407 e. The summed E-state index contributed by atoms with van der Waals surface area (Å²) in [5.41, 5.74) is 4.59. The molecular formula is C32H55ClN2O2. The highest BCUT2D eigenvalue weighted by Crippen LogP contribution is 2.60. The van der Waals surface area contributed by atoms with Crippen LogP contribution >= 0.6 is 12.4 Å². The average Bonchev–Trinajstić information content (AvgIpc) is 3.16. The minimum absolute atomic E-state index is 0. The number of carbonyl (C=O) groups is 1. The Kier molecular flexibility index (Phi) is 12.8. The molecule has 0 unspecified atom stereocenters. The number of nitrogens with one attached hydrogen (secondary N) is 1. The molecule has 0 aromatic heterocycles. The summed E-state index contributed by atoms with van der Waals surface area (Å²) in [6.45, 7) is 15.6. The minimum atomic E-state index is -0.297. The lowest BCUT2D eigenvalue weighted by Crippen LogP contribution is -2.36. The Labute approximate surface area is 234 Å². The third kappa shape index (κ3) is 8.88. The molecular weight excluding hydrogens is 480 g/mol. The van der Waals surface area contributed by atoms with Crippen LogP contribution in [0.3, 0.4) is 0 Å². The number of hydrogen-bond donors (Lipinski definition) is 1. The summed E-state index contributed by atoms with van der Waals surface area (Å²) < 4.78 is 5.74. The fraction of sp³-hybridized carbons (Fsp3) is 0.781. The third-order valence-corrected chi connectivity index (χ3v) is 9.44. The number of allylic oxidation sites excluding steroid dienone is 4. The first-order chi connectivity index (χ1) is 17.1. The topological polar surface area (TPSA) is 41.6 Å². The molecule has 5 atom stereocenters. The van der Waals surface area contributed by atoms with Gasteiger partial charge in [-0.2, -0.15) is 0 Å². The molecule has 3 fully saturated rings. The summed E-state index contributed by atoms with van der Waals surface area (Å²) in [5.74, 6) is 3.24. The summed E-state index contributed by atoms with van der Waals surface area (Å²) in [5, 5.41) is 2.87. The normalized spacial score (nSPS) is 30.9.